The van der Waals surface area contributed by atoms with E-state index in [2.05, 4.69) is 0 Å². The highest BCUT2D eigenvalue weighted by molar-refractivity contribution is 5.80. The SMILES string of the molecule is CC(=O)N(CC(=O)O)C1CCCN(C(=O)COCCOc2ccccc2)CC1. The zero-order valence-electron chi connectivity index (χ0n) is 16.2. The number of hydrogen-bond acceptors (Lipinski definition) is 5. The van der Waals surface area contributed by atoms with Crippen molar-refractivity contribution in [3.05, 3.63) is 30.3 Å². The van der Waals surface area contributed by atoms with Crippen LogP contribution in [0.4, 0.5) is 0 Å². The number of amides is 2. The Balaban J connectivity index is 1.71. The third-order valence-corrected chi connectivity index (χ3v) is 4.67. The highest BCUT2D eigenvalue weighted by Crippen LogP contribution is 2.17. The van der Waals surface area contributed by atoms with Crippen molar-refractivity contribution in [3.8, 4) is 5.75 Å². The molecule has 0 bridgehead atoms. The smallest absolute Gasteiger partial charge is 0.323 e. The molecule has 1 aromatic rings. The molecule has 1 fully saturated rings. The summed E-state index contributed by atoms with van der Waals surface area (Å²) >= 11 is 0. The van der Waals surface area contributed by atoms with Crippen LogP contribution in [0.15, 0.2) is 30.3 Å². The molecular formula is C20H28N2O6. The van der Waals surface area contributed by atoms with Crippen molar-refractivity contribution in [1.82, 2.24) is 9.80 Å². The summed E-state index contributed by atoms with van der Waals surface area (Å²) in [5.41, 5.74) is 0. The van der Waals surface area contributed by atoms with Gasteiger partial charge in [0.1, 0.15) is 25.5 Å². The minimum absolute atomic E-state index is 0.0195. The first-order valence-electron chi connectivity index (χ1n) is 9.49. The quantitative estimate of drug-likeness (QED) is 0.638. The van der Waals surface area contributed by atoms with Crippen molar-refractivity contribution >= 4 is 17.8 Å². The number of para-hydroxylation sites is 1. The second-order valence-electron chi connectivity index (χ2n) is 6.72. The summed E-state index contributed by atoms with van der Waals surface area (Å²) < 4.78 is 10.9. The van der Waals surface area contributed by atoms with Crippen LogP contribution in [0.2, 0.25) is 0 Å². The fourth-order valence-electron chi connectivity index (χ4n) is 3.27. The molecule has 0 saturated carbocycles. The molecule has 1 saturated heterocycles. The number of carbonyl (C=O) groups is 3. The minimum atomic E-state index is -1.03. The van der Waals surface area contributed by atoms with E-state index in [9.17, 15) is 14.4 Å². The number of likely N-dealkylation sites (tertiary alicyclic amines) is 1. The Kier molecular flexibility index (Phi) is 8.74. The molecule has 0 aromatic heterocycles. The van der Waals surface area contributed by atoms with Crippen LogP contribution >= 0.6 is 0 Å². The van der Waals surface area contributed by atoms with E-state index in [0.29, 0.717) is 39.1 Å². The maximum atomic E-state index is 12.4. The van der Waals surface area contributed by atoms with Gasteiger partial charge < -0.3 is 24.4 Å². The molecule has 1 aromatic carbocycles. The van der Waals surface area contributed by atoms with Gasteiger partial charge in [0.25, 0.3) is 0 Å². The molecule has 0 radical (unpaired) electrons. The summed E-state index contributed by atoms with van der Waals surface area (Å²) in [7, 11) is 0. The van der Waals surface area contributed by atoms with E-state index in [1.807, 2.05) is 30.3 Å². The molecule has 2 amide bonds. The van der Waals surface area contributed by atoms with Gasteiger partial charge in [-0.15, -0.1) is 0 Å². The number of aliphatic carboxylic acids is 1. The Bertz CT molecular complexity index is 651. The fourth-order valence-corrected chi connectivity index (χ4v) is 3.27. The molecule has 1 aliphatic rings. The standard InChI is InChI=1S/C20H28N2O6/c1-16(23)22(14-20(25)26)17-6-5-10-21(11-9-17)19(24)15-27-12-13-28-18-7-3-2-4-8-18/h2-4,7-8,17H,5-6,9-15H2,1H3,(H,25,26). The van der Waals surface area contributed by atoms with E-state index < -0.39 is 5.97 Å². The van der Waals surface area contributed by atoms with E-state index in [1.165, 1.54) is 11.8 Å². The third-order valence-electron chi connectivity index (χ3n) is 4.67. The van der Waals surface area contributed by atoms with Crippen molar-refractivity contribution in [2.24, 2.45) is 0 Å². The van der Waals surface area contributed by atoms with E-state index in [-0.39, 0.29) is 31.0 Å². The number of carboxylic acids is 1. The van der Waals surface area contributed by atoms with Crippen molar-refractivity contribution in [1.29, 1.82) is 0 Å². The lowest BCUT2D eigenvalue weighted by atomic mass is 10.1. The number of benzene rings is 1. The van der Waals surface area contributed by atoms with Gasteiger partial charge in [0.2, 0.25) is 11.8 Å². The van der Waals surface area contributed by atoms with Gasteiger partial charge >= 0.3 is 5.97 Å². The molecule has 0 aliphatic carbocycles. The van der Waals surface area contributed by atoms with Crippen LogP contribution in [0.3, 0.4) is 0 Å². The summed E-state index contributed by atoms with van der Waals surface area (Å²) in [6.07, 6.45) is 1.97. The Morgan fingerprint density at radius 3 is 2.57 bits per heavy atom. The predicted molar refractivity (Wildman–Crippen MR) is 102 cm³/mol. The third kappa shape index (κ3) is 7.19. The highest BCUT2D eigenvalue weighted by atomic mass is 16.5. The van der Waals surface area contributed by atoms with Crippen LogP contribution < -0.4 is 4.74 Å². The molecule has 154 valence electrons. The maximum Gasteiger partial charge on any atom is 0.323 e. The molecule has 1 heterocycles. The zero-order valence-corrected chi connectivity index (χ0v) is 16.2. The summed E-state index contributed by atoms with van der Waals surface area (Å²) in [6.45, 7) is 2.79. The molecule has 28 heavy (non-hydrogen) atoms. The number of carbonyl (C=O) groups excluding carboxylic acids is 2. The Morgan fingerprint density at radius 1 is 1.14 bits per heavy atom. The molecule has 2 rings (SSSR count). The zero-order chi connectivity index (χ0) is 20.4. The van der Waals surface area contributed by atoms with Crippen LogP contribution in [0.5, 0.6) is 5.75 Å². The first-order chi connectivity index (χ1) is 13.5. The molecule has 1 N–H and O–H groups in total. The maximum absolute atomic E-state index is 12.4. The van der Waals surface area contributed by atoms with E-state index in [0.717, 1.165) is 12.2 Å². The van der Waals surface area contributed by atoms with Crippen LogP contribution in [-0.4, -0.2) is 78.2 Å². The van der Waals surface area contributed by atoms with Crippen LogP contribution in [0.25, 0.3) is 0 Å². The van der Waals surface area contributed by atoms with Gasteiger partial charge in [-0.1, -0.05) is 18.2 Å². The van der Waals surface area contributed by atoms with Crippen LogP contribution in [0.1, 0.15) is 26.2 Å². The van der Waals surface area contributed by atoms with E-state index in [4.69, 9.17) is 14.6 Å². The topological polar surface area (TPSA) is 96.4 Å². The second-order valence-corrected chi connectivity index (χ2v) is 6.72. The number of nitrogens with zero attached hydrogens (tertiary/aromatic N) is 2. The largest absolute Gasteiger partial charge is 0.491 e. The summed E-state index contributed by atoms with van der Waals surface area (Å²) in [6, 6.07) is 9.23. The van der Waals surface area contributed by atoms with Gasteiger partial charge in [0, 0.05) is 26.1 Å². The van der Waals surface area contributed by atoms with Crippen LogP contribution in [-0.2, 0) is 19.1 Å². The predicted octanol–water partition coefficient (Wildman–Crippen LogP) is 1.40. The van der Waals surface area contributed by atoms with Gasteiger partial charge in [-0.05, 0) is 31.4 Å². The molecular weight excluding hydrogens is 364 g/mol. The van der Waals surface area contributed by atoms with Gasteiger partial charge in [-0.25, -0.2) is 0 Å². The number of carboxylic acid groups (broad SMARTS) is 1. The van der Waals surface area contributed by atoms with Gasteiger partial charge in [-0.3, -0.25) is 14.4 Å². The van der Waals surface area contributed by atoms with E-state index in [1.54, 1.807) is 4.90 Å². The van der Waals surface area contributed by atoms with Crippen molar-refractivity contribution < 1.29 is 29.0 Å². The normalized spacial score (nSPS) is 16.9. The molecule has 8 nitrogen and oxygen atoms in total. The summed E-state index contributed by atoms with van der Waals surface area (Å²) in [5.74, 6) is -0.632. The van der Waals surface area contributed by atoms with E-state index >= 15 is 0 Å². The number of hydrogen-bond donors (Lipinski definition) is 1. The highest BCUT2D eigenvalue weighted by Gasteiger charge is 2.27. The first kappa shape index (κ1) is 21.7. The van der Waals surface area contributed by atoms with Gasteiger partial charge in [-0.2, -0.15) is 0 Å². The van der Waals surface area contributed by atoms with Gasteiger partial charge in [0.05, 0.1) is 6.61 Å². The lowest BCUT2D eigenvalue weighted by Gasteiger charge is -2.28. The average Bonchev–Trinajstić information content (AvgIpc) is 2.92. The molecule has 8 heteroatoms. The molecule has 1 aliphatic heterocycles. The Labute approximate surface area is 165 Å². The second kappa shape index (κ2) is 11.3. The lowest BCUT2D eigenvalue weighted by molar-refractivity contribution is -0.145. The molecule has 1 unspecified atom stereocenters. The first-order valence-corrected chi connectivity index (χ1v) is 9.49. The van der Waals surface area contributed by atoms with Gasteiger partial charge in [0.15, 0.2) is 0 Å². The van der Waals surface area contributed by atoms with Crippen molar-refractivity contribution in [3.63, 3.8) is 0 Å². The summed E-state index contributed by atoms with van der Waals surface area (Å²) in [5, 5.41) is 9.00. The lowest BCUT2D eigenvalue weighted by Crippen LogP contribution is -2.43. The Morgan fingerprint density at radius 2 is 1.89 bits per heavy atom. The monoisotopic (exact) mass is 392 g/mol. The Hall–Kier alpha value is -2.61. The minimum Gasteiger partial charge on any atom is -0.491 e. The number of ether oxygens (including phenoxy) is 2. The average molecular weight is 392 g/mol. The fraction of sp³-hybridized carbons (Fsp3) is 0.550. The molecule has 1 atom stereocenters. The number of rotatable bonds is 9. The van der Waals surface area contributed by atoms with Crippen molar-refractivity contribution in [2.75, 3.05) is 39.5 Å². The summed E-state index contributed by atoms with van der Waals surface area (Å²) in [4.78, 5) is 38.2. The molecule has 0 spiro atoms. The van der Waals surface area contributed by atoms with Crippen LogP contribution in [0, 0.1) is 0 Å². The van der Waals surface area contributed by atoms with Crippen molar-refractivity contribution in [2.45, 2.75) is 32.2 Å².